The topological polar surface area (TPSA) is 103 Å². The number of anilines is 1. The van der Waals surface area contributed by atoms with Crippen LogP contribution in [0.5, 0.6) is 5.75 Å². The van der Waals surface area contributed by atoms with Crippen LogP contribution in [0.3, 0.4) is 0 Å². The van der Waals surface area contributed by atoms with Crippen molar-refractivity contribution in [2.75, 3.05) is 26.0 Å². The number of carbonyl (C=O) groups excluding carboxylic acids is 3. The molecule has 12 heteroatoms. The molecule has 2 amide bonds. The standard InChI is InChI=1S/C23H24Cl2N4O5S/c1-5-11-33-23(32)17-13(2)19(22(31)28(3)4)35-21(17)26-20(30)15-9-10-29(27-15)12-34-16-8-6-7-14(24)18(16)25/h6-10H,5,11-12H2,1-4H3,(H,26,30). The highest BCUT2D eigenvalue weighted by Gasteiger charge is 2.28. The highest BCUT2D eigenvalue weighted by molar-refractivity contribution is 7.18. The minimum absolute atomic E-state index is 0.0124. The number of hydrogen-bond acceptors (Lipinski definition) is 7. The molecule has 0 atom stereocenters. The summed E-state index contributed by atoms with van der Waals surface area (Å²) in [6, 6.07) is 6.51. The molecular weight excluding hydrogens is 515 g/mol. The van der Waals surface area contributed by atoms with Crippen molar-refractivity contribution in [2.45, 2.75) is 27.0 Å². The number of nitrogens with zero attached hydrogens (tertiary/aromatic N) is 3. The van der Waals surface area contributed by atoms with Crippen LogP contribution in [0, 0.1) is 6.92 Å². The number of benzene rings is 1. The number of esters is 1. The molecule has 35 heavy (non-hydrogen) atoms. The Hall–Kier alpha value is -3.08. The molecule has 0 saturated carbocycles. The summed E-state index contributed by atoms with van der Waals surface area (Å²) in [6.07, 6.45) is 2.20. The van der Waals surface area contributed by atoms with Gasteiger partial charge in [0.25, 0.3) is 11.8 Å². The van der Waals surface area contributed by atoms with Crippen LogP contribution in [0.1, 0.15) is 49.4 Å². The zero-order chi connectivity index (χ0) is 25.7. The van der Waals surface area contributed by atoms with Gasteiger partial charge in [-0.3, -0.25) is 9.59 Å². The number of hydrogen-bond donors (Lipinski definition) is 1. The Morgan fingerprint density at radius 2 is 1.94 bits per heavy atom. The predicted octanol–water partition coefficient (Wildman–Crippen LogP) is 5.12. The third-order valence-corrected chi connectivity index (χ3v) is 6.75. The summed E-state index contributed by atoms with van der Waals surface area (Å²) in [6.45, 7) is 3.73. The van der Waals surface area contributed by atoms with Crippen molar-refractivity contribution in [2.24, 2.45) is 0 Å². The molecule has 0 fully saturated rings. The second-order valence-corrected chi connectivity index (χ2v) is 9.42. The van der Waals surface area contributed by atoms with Gasteiger partial charge in [0.15, 0.2) is 12.4 Å². The summed E-state index contributed by atoms with van der Waals surface area (Å²) in [7, 11) is 3.22. The molecule has 3 rings (SSSR count). The normalized spacial score (nSPS) is 10.7. The summed E-state index contributed by atoms with van der Waals surface area (Å²) in [5.41, 5.74) is 0.688. The summed E-state index contributed by atoms with van der Waals surface area (Å²) >= 11 is 13.1. The highest BCUT2D eigenvalue weighted by Crippen LogP contribution is 2.35. The third kappa shape index (κ3) is 6.14. The van der Waals surface area contributed by atoms with Gasteiger partial charge in [-0.05, 0) is 37.1 Å². The molecule has 0 unspecified atom stereocenters. The molecule has 1 N–H and O–H groups in total. The number of thiophene rings is 1. The van der Waals surface area contributed by atoms with E-state index in [1.165, 1.54) is 15.6 Å². The Bertz CT molecular complexity index is 1250. The molecule has 0 aliphatic carbocycles. The maximum absolute atomic E-state index is 12.9. The molecule has 2 heterocycles. The molecule has 0 spiro atoms. The fraction of sp³-hybridized carbons (Fsp3) is 0.304. The first-order valence-electron chi connectivity index (χ1n) is 10.6. The maximum Gasteiger partial charge on any atom is 0.341 e. The van der Waals surface area contributed by atoms with Crippen LogP contribution in [0.4, 0.5) is 5.00 Å². The minimum atomic E-state index is -0.606. The Labute approximate surface area is 216 Å². The number of ether oxygens (including phenoxy) is 2. The molecule has 0 aliphatic rings. The molecule has 0 radical (unpaired) electrons. The average Bonchev–Trinajstić information content (AvgIpc) is 3.42. The zero-order valence-electron chi connectivity index (χ0n) is 19.6. The Morgan fingerprint density at radius 3 is 2.63 bits per heavy atom. The van der Waals surface area contributed by atoms with Gasteiger partial charge >= 0.3 is 5.97 Å². The van der Waals surface area contributed by atoms with Crippen molar-refractivity contribution in [3.8, 4) is 5.75 Å². The van der Waals surface area contributed by atoms with Crippen LogP contribution in [-0.4, -0.2) is 53.2 Å². The third-order valence-electron chi connectivity index (χ3n) is 4.76. The van der Waals surface area contributed by atoms with Gasteiger partial charge in [0.2, 0.25) is 0 Å². The highest BCUT2D eigenvalue weighted by atomic mass is 35.5. The lowest BCUT2D eigenvalue weighted by Gasteiger charge is -2.09. The van der Waals surface area contributed by atoms with Crippen LogP contribution in [0.15, 0.2) is 30.5 Å². The van der Waals surface area contributed by atoms with Gasteiger partial charge in [-0.1, -0.05) is 36.2 Å². The first-order chi connectivity index (χ1) is 16.6. The molecular formula is C23H24Cl2N4O5S. The minimum Gasteiger partial charge on any atom is -0.470 e. The molecule has 0 aliphatic heterocycles. The first-order valence-corrected chi connectivity index (χ1v) is 12.1. The first kappa shape index (κ1) is 26.5. The number of halogens is 2. The number of carbonyl (C=O) groups is 3. The van der Waals surface area contributed by atoms with Crippen LogP contribution in [0.2, 0.25) is 10.0 Å². The van der Waals surface area contributed by atoms with Gasteiger partial charge in [0.1, 0.15) is 15.8 Å². The van der Waals surface area contributed by atoms with E-state index in [1.54, 1.807) is 45.4 Å². The average molecular weight is 539 g/mol. The second kappa shape index (κ2) is 11.6. The van der Waals surface area contributed by atoms with Crippen molar-refractivity contribution >= 4 is 57.3 Å². The Balaban J connectivity index is 1.79. The van der Waals surface area contributed by atoms with Crippen LogP contribution in [0.25, 0.3) is 0 Å². The summed E-state index contributed by atoms with van der Waals surface area (Å²) in [5.74, 6) is -1.06. The lowest BCUT2D eigenvalue weighted by molar-refractivity contribution is 0.0506. The molecule has 3 aromatic rings. The van der Waals surface area contributed by atoms with E-state index in [9.17, 15) is 14.4 Å². The lowest BCUT2D eigenvalue weighted by atomic mass is 10.1. The number of nitrogens with one attached hydrogen (secondary N) is 1. The Kier molecular flexibility index (Phi) is 8.76. The van der Waals surface area contributed by atoms with Gasteiger partial charge in [0.05, 0.1) is 22.1 Å². The molecule has 0 saturated heterocycles. The van der Waals surface area contributed by atoms with Crippen molar-refractivity contribution in [1.29, 1.82) is 0 Å². The van der Waals surface area contributed by atoms with E-state index in [-0.39, 0.29) is 40.5 Å². The number of rotatable bonds is 9. The fourth-order valence-electron chi connectivity index (χ4n) is 2.97. The van der Waals surface area contributed by atoms with E-state index in [0.717, 1.165) is 11.3 Å². The van der Waals surface area contributed by atoms with Gasteiger partial charge in [-0.25, -0.2) is 9.48 Å². The van der Waals surface area contributed by atoms with Crippen molar-refractivity contribution in [3.05, 3.63) is 62.2 Å². The van der Waals surface area contributed by atoms with Gasteiger partial charge < -0.3 is 19.7 Å². The van der Waals surface area contributed by atoms with Crippen LogP contribution in [-0.2, 0) is 11.5 Å². The molecule has 0 bridgehead atoms. The SMILES string of the molecule is CCCOC(=O)c1c(NC(=O)c2ccn(COc3cccc(Cl)c3Cl)n2)sc(C(=O)N(C)C)c1C. The number of amides is 2. The number of aromatic nitrogens is 2. The lowest BCUT2D eigenvalue weighted by Crippen LogP contribution is -2.21. The molecule has 1 aromatic carbocycles. The fourth-order valence-corrected chi connectivity index (χ4v) is 4.53. The van der Waals surface area contributed by atoms with E-state index in [1.807, 2.05) is 6.92 Å². The summed E-state index contributed by atoms with van der Waals surface area (Å²) < 4.78 is 12.3. The van der Waals surface area contributed by atoms with Gasteiger partial charge in [0, 0.05) is 20.3 Å². The van der Waals surface area contributed by atoms with E-state index in [0.29, 0.717) is 27.6 Å². The smallest absolute Gasteiger partial charge is 0.341 e. The van der Waals surface area contributed by atoms with Crippen molar-refractivity contribution in [3.63, 3.8) is 0 Å². The van der Waals surface area contributed by atoms with E-state index in [4.69, 9.17) is 32.7 Å². The second-order valence-electron chi connectivity index (χ2n) is 7.62. The quantitative estimate of drug-likeness (QED) is 0.379. The van der Waals surface area contributed by atoms with Gasteiger partial charge in [-0.15, -0.1) is 11.3 Å². The van der Waals surface area contributed by atoms with Crippen molar-refractivity contribution < 1.29 is 23.9 Å². The monoisotopic (exact) mass is 538 g/mol. The Morgan fingerprint density at radius 1 is 1.20 bits per heavy atom. The van der Waals surface area contributed by atoms with Crippen molar-refractivity contribution in [1.82, 2.24) is 14.7 Å². The summed E-state index contributed by atoms with van der Waals surface area (Å²) in [5, 5.41) is 7.75. The van der Waals surface area contributed by atoms with Crippen LogP contribution >= 0.6 is 34.5 Å². The molecule has 9 nitrogen and oxygen atoms in total. The maximum atomic E-state index is 12.9. The molecule has 186 valence electrons. The summed E-state index contributed by atoms with van der Waals surface area (Å²) in [4.78, 5) is 39.9. The van der Waals surface area contributed by atoms with E-state index in [2.05, 4.69) is 10.4 Å². The van der Waals surface area contributed by atoms with E-state index >= 15 is 0 Å². The van der Waals surface area contributed by atoms with Crippen LogP contribution < -0.4 is 10.1 Å². The van der Waals surface area contributed by atoms with Gasteiger partial charge in [-0.2, -0.15) is 5.10 Å². The largest absolute Gasteiger partial charge is 0.470 e. The molecule has 2 aromatic heterocycles. The zero-order valence-corrected chi connectivity index (χ0v) is 21.9. The van der Waals surface area contributed by atoms with E-state index < -0.39 is 11.9 Å². The predicted molar refractivity (Wildman–Crippen MR) is 135 cm³/mol.